The van der Waals surface area contributed by atoms with Gasteiger partial charge in [-0.1, -0.05) is 13.8 Å². The van der Waals surface area contributed by atoms with Crippen molar-refractivity contribution in [1.29, 1.82) is 0 Å². The van der Waals surface area contributed by atoms with E-state index in [1.54, 1.807) is 0 Å². The van der Waals surface area contributed by atoms with Gasteiger partial charge in [0.1, 0.15) is 6.29 Å². The van der Waals surface area contributed by atoms with E-state index < -0.39 is 0 Å². The minimum Gasteiger partial charge on any atom is -0.308 e. The average molecular weight is 188 g/mol. The molecule has 1 aliphatic heterocycles. The molecule has 12 heavy (non-hydrogen) atoms. The smallest absolute Gasteiger partial charge is 0.122 e. The van der Waals surface area contributed by atoms with Gasteiger partial charge in [0.15, 0.2) is 0 Å². The molecule has 1 fully saturated rings. The third-order valence-electron chi connectivity index (χ3n) is 2.53. The molecule has 0 saturated carbocycles. The second-order valence-corrected chi connectivity index (χ2v) is 4.41. The highest BCUT2D eigenvalue weighted by atomic mass is 32.2. The van der Waals surface area contributed by atoms with Crippen LogP contribution in [0.25, 0.3) is 0 Å². The molecule has 0 amide bonds. The Balaban J connectivity index is 2.62. The van der Waals surface area contributed by atoms with Crippen LogP contribution in [0.15, 0.2) is 0 Å². The van der Waals surface area contributed by atoms with Crippen molar-refractivity contribution >= 4 is 18.3 Å². The van der Waals surface area contributed by atoms with E-state index in [0.717, 1.165) is 24.9 Å². The summed E-state index contributed by atoms with van der Waals surface area (Å²) in [5, 5.41) is 0. The van der Waals surface area contributed by atoms with Crippen LogP contribution < -0.4 is 0 Å². The van der Waals surface area contributed by atoms with E-state index in [9.17, 15) is 4.79 Å². The van der Waals surface area contributed by atoms with Crippen LogP contribution in [0.3, 0.4) is 0 Å². The van der Waals surface area contributed by atoms with Crippen LogP contribution in [0.1, 0.15) is 33.1 Å². The quantitative estimate of drug-likeness (QED) is 0.502. The van der Waals surface area contributed by atoms with Gasteiger partial charge in [-0.3, -0.25) is 0 Å². The molecule has 1 saturated heterocycles. The number of aldehydes is 1. The third kappa shape index (κ3) is 2.02. The third-order valence-corrected chi connectivity index (χ3v) is 3.44. The Morgan fingerprint density at radius 1 is 1.67 bits per heavy atom. The lowest BCUT2D eigenvalue weighted by Gasteiger charge is -2.38. The van der Waals surface area contributed by atoms with E-state index in [-0.39, 0.29) is 5.60 Å². The van der Waals surface area contributed by atoms with Crippen molar-refractivity contribution in [3.8, 4) is 0 Å². The monoisotopic (exact) mass is 188 g/mol. The maximum absolute atomic E-state index is 10.5. The van der Waals surface area contributed by atoms with Gasteiger partial charge in [0, 0.05) is 12.2 Å². The van der Waals surface area contributed by atoms with Crippen LogP contribution in [0.5, 0.6) is 0 Å². The van der Waals surface area contributed by atoms with E-state index in [2.05, 4.69) is 13.8 Å². The van der Waals surface area contributed by atoms with Gasteiger partial charge in [-0.05, 0) is 30.8 Å². The summed E-state index contributed by atoms with van der Waals surface area (Å²) in [6.07, 6.45) is 3.70. The second kappa shape index (κ2) is 4.28. The highest BCUT2D eigenvalue weighted by Crippen LogP contribution is 2.38. The first-order valence-electron chi connectivity index (χ1n) is 4.45. The number of carbonyl (C=O) groups excluding carboxylic acids is 1. The van der Waals surface area contributed by atoms with E-state index in [4.69, 9.17) is 4.18 Å². The van der Waals surface area contributed by atoms with E-state index in [1.807, 2.05) is 0 Å². The minimum absolute atomic E-state index is 0.176. The predicted molar refractivity (Wildman–Crippen MR) is 51.0 cm³/mol. The van der Waals surface area contributed by atoms with Gasteiger partial charge in [-0.2, -0.15) is 0 Å². The van der Waals surface area contributed by atoms with Crippen LogP contribution in [0.4, 0.5) is 0 Å². The summed E-state index contributed by atoms with van der Waals surface area (Å²) >= 11 is 1.51. The highest BCUT2D eigenvalue weighted by molar-refractivity contribution is 7.94. The maximum Gasteiger partial charge on any atom is 0.122 e. The fourth-order valence-electron chi connectivity index (χ4n) is 1.53. The van der Waals surface area contributed by atoms with Gasteiger partial charge in [-0.15, -0.1) is 0 Å². The predicted octanol–water partition coefficient (Wildman–Crippen LogP) is 2.43. The molecule has 70 valence electrons. The summed E-state index contributed by atoms with van der Waals surface area (Å²) in [6.45, 7) is 4.24. The molecule has 0 N–H and O–H groups in total. The summed E-state index contributed by atoms with van der Waals surface area (Å²) in [7, 11) is 0. The molecular weight excluding hydrogens is 172 g/mol. The normalized spacial score (nSPS) is 30.6. The first-order valence-corrected chi connectivity index (χ1v) is 5.36. The van der Waals surface area contributed by atoms with Gasteiger partial charge >= 0.3 is 0 Å². The summed E-state index contributed by atoms with van der Waals surface area (Å²) in [4.78, 5) is 10.5. The first kappa shape index (κ1) is 10.1. The molecule has 1 heterocycles. The van der Waals surface area contributed by atoms with Crippen molar-refractivity contribution in [3.63, 3.8) is 0 Å². The lowest BCUT2D eigenvalue weighted by molar-refractivity contribution is -0.112. The molecule has 2 nitrogen and oxygen atoms in total. The minimum atomic E-state index is -0.176. The Labute approximate surface area is 78.3 Å². The van der Waals surface area contributed by atoms with E-state index in [1.165, 1.54) is 12.0 Å². The van der Waals surface area contributed by atoms with E-state index >= 15 is 0 Å². The zero-order valence-corrected chi connectivity index (χ0v) is 8.52. The molecule has 1 unspecified atom stereocenters. The SMILES string of the molecule is CC(C)C1(CC=O)CCCSO1. The van der Waals surface area contributed by atoms with Crippen LogP contribution in [-0.4, -0.2) is 17.6 Å². The van der Waals surface area contributed by atoms with E-state index in [0.29, 0.717) is 12.3 Å². The Bertz CT molecular complexity index is 151. The molecule has 1 aliphatic rings. The van der Waals surface area contributed by atoms with Crippen molar-refractivity contribution in [2.75, 3.05) is 5.75 Å². The van der Waals surface area contributed by atoms with Crippen molar-refractivity contribution in [2.45, 2.75) is 38.7 Å². The topological polar surface area (TPSA) is 26.3 Å². The Hall–Kier alpha value is -0.0200. The van der Waals surface area contributed by atoms with Crippen molar-refractivity contribution < 1.29 is 8.98 Å². The standard InChI is InChI=1S/C9H16O2S/c1-8(2)9(5-6-10)4-3-7-12-11-9/h6,8H,3-5,7H2,1-2H3. The molecule has 0 aliphatic carbocycles. The Morgan fingerprint density at radius 3 is 2.83 bits per heavy atom. The van der Waals surface area contributed by atoms with Gasteiger partial charge in [0.2, 0.25) is 0 Å². The fraction of sp³-hybridized carbons (Fsp3) is 0.889. The zero-order chi connectivity index (χ0) is 9.03. The second-order valence-electron chi connectivity index (χ2n) is 3.60. The van der Waals surface area contributed by atoms with Crippen molar-refractivity contribution in [1.82, 2.24) is 0 Å². The lowest BCUT2D eigenvalue weighted by atomic mass is 9.84. The molecule has 0 aromatic carbocycles. The van der Waals surface area contributed by atoms with Crippen LogP contribution in [0.2, 0.25) is 0 Å². The zero-order valence-electron chi connectivity index (χ0n) is 7.71. The molecular formula is C9H16O2S. The Kier molecular flexibility index (Phi) is 3.59. The van der Waals surface area contributed by atoms with Crippen LogP contribution >= 0.6 is 12.0 Å². The molecule has 0 bridgehead atoms. The summed E-state index contributed by atoms with van der Waals surface area (Å²) in [6, 6.07) is 0. The molecule has 0 aromatic heterocycles. The lowest BCUT2D eigenvalue weighted by Crippen LogP contribution is -2.39. The maximum atomic E-state index is 10.5. The molecule has 0 radical (unpaired) electrons. The number of hydrogen-bond donors (Lipinski definition) is 0. The summed E-state index contributed by atoms with van der Waals surface area (Å²) in [5.74, 6) is 1.49. The molecule has 1 atom stereocenters. The fourth-order valence-corrected chi connectivity index (χ4v) is 2.45. The molecule has 3 heteroatoms. The summed E-state index contributed by atoms with van der Waals surface area (Å²) in [5.41, 5.74) is -0.176. The molecule has 0 spiro atoms. The van der Waals surface area contributed by atoms with Crippen molar-refractivity contribution in [3.05, 3.63) is 0 Å². The van der Waals surface area contributed by atoms with Gasteiger partial charge in [0.05, 0.1) is 5.60 Å². The average Bonchev–Trinajstić information content (AvgIpc) is 2.06. The van der Waals surface area contributed by atoms with Crippen molar-refractivity contribution in [2.24, 2.45) is 5.92 Å². The molecule has 0 aromatic rings. The molecule has 1 rings (SSSR count). The largest absolute Gasteiger partial charge is 0.308 e. The first-order chi connectivity index (χ1) is 5.71. The van der Waals surface area contributed by atoms with Crippen LogP contribution in [0, 0.1) is 5.92 Å². The highest BCUT2D eigenvalue weighted by Gasteiger charge is 2.36. The van der Waals surface area contributed by atoms with Crippen LogP contribution in [-0.2, 0) is 8.98 Å². The Morgan fingerprint density at radius 2 is 2.42 bits per heavy atom. The van der Waals surface area contributed by atoms with Gasteiger partial charge in [0.25, 0.3) is 0 Å². The van der Waals surface area contributed by atoms with Gasteiger partial charge in [-0.25, -0.2) is 0 Å². The number of hydrogen-bond acceptors (Lipinski definition) is 3. The number of carbonyl (C=O) groups is 1. The summed E-state index contributed by atoms with van der Waals surface area (Å²) < 4.78 is 5.65. The number of rotatable bonds is 3. The van der Waals surface area contributed by atoms with Gasteiger partial charge < -0.3 is 8.98 Å².